The van der Waals surface area contributed by atoms with Gasteiger partial charge in [0.1, 0.15) is 0 Å². The van der Waals surface area contributed by atoms with Crippen LogP contribution in [0.1, 0.15) is 6.42 Å². The number of amides is 2. The molecule has 1 aliphatic heterocycles. The van der Waals surface area contributed by atoms with Gasteiger partial charge in [-0.2, -0.15) is 0 Å². The van der Waals surface area contributed by atoms with Gasteiger partial charge in [0.25, 0.3) is 0 Å². The van der Waals surface area contributed by atoms with Crippen LogP contribution >= 0.6 is 0 Å². The van der Waals surface area contributed by atoms with Gasteiger partial charge >= 0.3 is 0 Å². The van der Waals surface area contributed by atoms with Crippen LogP contribution in [0.2, 0.25) is 5.82 Å². The third kappa shape index (κ3) is 1.43. The van der Waals surface area contributed by atoms with Crippen molar-refractivity contribution in [3.8, 4) is 0 Å². The van der Waals surface area contributed by atoms with Crippen LogP contribution in [0.3, 0.4) is 0 Å². The average Bonchev–Trinajstić information content (AvgIpc) is 2.17. The average molecular weight is 152 g/mol. The molecule has 0 aromatic heterocycles. The molecule has 1 aliphatic rings. The molecule has 11 heavy (non-hydrogen) atoms. The molecule has 1 unspecified atom stereocenters. The maximum atomic E-state index is 11.0. The summed E-state index contributed by atoms with van der Waals surface area (Å²) >= 11 is 0. The van der Waals surface area contributed by atoms with E-state index in [9.17, 15) is 9.59 Å². The molecule has 0 aromatic carbocycles. The maximum absolute atomic E-state index is 11.0. The van der Waals surface area contributed by atoms with Gasteiger partial charge in [0.05, 0.1) is 14.5 Å². The van der Waals surface area contributed by atoms with Gasteiger partial charge in [-0.1, -0.05) is 0 Å². The van der Waals surface area contributed by atoms with Crippen molar-refractivity contribution < 1.29 is 9.59 Å². The summed E-state index contributed by atoms with van der Waals surface area (Å²) in [5, 5.41) is 2.72. The summed E-state index contributed by atoms with van der Waals surface area (Å²) in [6.45, 7) is 0.255. The van der Waals surface area contributed by atoms with Gasteiger partial charge in [-0.15, -0.1) is 0 Å². The first-order valence-electron chi connectivity index (χ1n) is 3.41. The zero-order chi connectivity index (χ0) is 8.43. The number of nitrogens with one attached hydrogen (secondary N) is 1. The summed E-state index contributed by atoms with van der Waals surface area (Å²) in [7, 11) is 7.02. The first-order valence-corrected chi connectivity index (χ1v) is 3.41. The predicted octanol–water partition coefficient (Wildman–Crippen LogP) is -1.12. The predicted molar refractivity (Wildman–Crippen MR) is 39.9 cm³/mol. The quantitative estimate of drug-likeness (QED) is 0.402. The molecule has 0 bridgehead atoms. The highest BCUT2D eigenvalue weighted by Gasteiger charge is 2.34. The zero-order valence-corrected chi connectivity index (χ0v) is 6.33. The van der Waals surface area contributed by atoms with E-state index >= 15 is 0 Å². The van der Waals surface area contributed by atoms with E-state index in [0.29, 0.717) is 0 Å². The molecule has 1 atom stereocenters. The SMILES string of the molecule is [B]C1CC(=O)N(CNC)C1=O. The van der Waals surface area contributed by atoms with E-state index in [1.165, 1.54) is 0 Å². The smallest absolute Gasteiger partial charge is 0.230 e. The second-order valence-corrected chi connectivity index (χ2v) is 2.48. The molecule has 1 rings (SSSR count). The maximum Gasteiger partial charge on any atom is 0.230 e. The van der Waals surface area contributed by atoms with Crippen molar-refractivity contribution in [3.05, 3.63) is 0 Å². The van der Waals surface area contributed by atoms with Crippen molar-refractivity contribution in [3.63, 3.8) is 0 Å². The molecule has 2 amide bonds. The lowest BCUT2D eigenvalue weighted by atomic mass is 9.86. The number of carbonyl (C=O) groups is 2. The minimum atomic E-state index is -0.629. The number of rotatable bonds is 2. The van der Waals surface area contributed by atoms with Gasteiger partial charge in [-0.25, -0.2) is 0 Å². The highest BCUT2D eigenvalue weighted by atomic mass is 16.2. The van der Waals surface area contributed by atoms with Gasteiger partial charge < -0.3 is 5.32 Å². The van der Waals surface area contributed by atoms with E-state index in [-0.39, 0.29) is 24.9 Å². The highest BCUT2D eigenvalue weighted by molar-refractivity contribution is 6.29. The molecule has 0 spiro atoms. The van der Waals surface area contributed by atoms with Gasteiger partial charge in [-0.3, -0.25) is 14.5 Å². The van der Waals surface area contributed by atoms with Crippen LogP contribution in [-0.2, 0) is 9.59 Å². The molecular formula is C6H9BN2O2. The standard InChI is InChI=1S/C6H9BN2O2/c1-8-3-9-5(10)2-4(7)6(9)11/h4,8H,2-3H2,1H3. The topological polar surface area (TPSA) is 49.4 Å². The first kappa shape index (κ1) is 8.26. The Morgan fingerprint density at radius 1 is 1.73 bits per heavy atom. The minimum Gasteiger partial charge on any atom is -0.302 e. The lowest BCUT2D eigenvalue weighted by Crippen LogP contribution is -2.36. The van der Waals surface area contributed by atoms with Gasteiger partial charge in [-0.05, 0) is 7.05 Å². The van der Waals surface area contributed by atoms with E-state index in [4.69, 9.17) is 7.85 Å². The van der Waals surface area contributed by atoms with Crippen LogP contribution in [0, 0.1) is 0 Å². The molecule has 1 heterocycles. The number of hydrogen-bond donors (Lipinski definition) is 1. The van der Waals surface area contributed by atoms with Crippen molar-refractivity contribution in [1.82, 2.24) is 10.2 Å². The number of hydrogen-bond acceptors (Lipinski definition) is 3. The summed E-state index contributed by atoms with van der Waals surface area (Å²) in [6.07, 6.45) is 0.139. The third-order valence-electron chi connectivity index (χ3n) is 1.60. The van der Waals surface area contributed by atoms with Crippen LogP contribution in [0.25, 0.3) is 0 Å². The van der Waals surface area contributed by atoms with Crippen molar-refractivity contribution in [2.45, 2.75) is 12.2 Å². The van der Waals surface area contributed by atoms with Crippen molar-refractivity contribution in [2.75, 3.05) is 13.7 Å². The Morgan fingerprint density at radius 3 is 2.73 bits per heavy atom. The lowest BCUT2D eigenvalue weighted by molar-refractivity contribution is -0.138. The monoisotopic (exact) mass is 152 g/mol. The molecule has 4 nitrogen and oxygen atoms in total. The van der Waals surface area contributed by atoms with Gasteiger partial charge in [0, 0.05) is 12.2 Å². The Balaban J connectivity index is 2.64. The van der Waals surface area contributed by atoms with Crippen molar-refractivity contribution in [2.24, 2.45) is 0 Å². The van der Waals surface area contributed by atoms with Crippen molar-refractivity contribution in [1.29, 1.82) is 0 Å². The van der Waals surface area contributed by atoms with E-state index in [0.717, 1.165) is 4.90 Å². The first-order chi connectivity index (χ1) is 5.16. The van der Waals surface area contributed by atoms with E-state index in [1.54, 1.807) is 7.05 Å². The molecule has 1 fully saturated rings. The molecule has 0 aliphatic carbocycles. The summed E-state index contributed by atoms with van der Waals surface area (Å²) in [5.41, 5.74) is 0. The number of imide groups is 1. The third-order valence-corrected chi connectivity index (χ3v) is 1.60. The van der Waals surface area contributed by atoms with Crippen LogP contribution in [0.15, 0.2) is 0 Å². The van der Waals surface area contributed by atoms with E-state index in [2.05, 4.69) is 5.32 Å². The fourth-order valence-corrected chi connectivity index (χ4v) is 1.03. The minimum absolute atomic E-state index is 0.139. The summed E-state index contributed by atoms with van der Waals surface area (Å²) in [5.74, 6) is -1.11. The molecule has 1 saturated heterocycles. The van der Waals surface area contributed by atoms with Crippen LogP contribution < -0.4 is 5.32 Å². The van der Waals surface area contributed by atoms with Crippen molar-refractivity contribution >= 4 is 19.7 Å². The Bertz CT molecular complexity index is 195. The zero-order valence-electron chi connectivity index (χ0n) is 6.33. The molecule has 5 heteroatoms. The summed E-state index contributed by atoms with van der Waals surface area (Å²) in [4.78, 5) is 23.1. The Morgan fingerprint density at radius 2 is 2.36 bits per heavy atom. The molecule has 58 valence electrons. The summed E-state index contributed by atoms with van der Waals surface area (Å²) < 4.78 is 0. The fourth-order valence-electron chi connectivity index (χ4n) is 1.03. The number of nitrogens with zero attached hydrogens (tertiary/aromatic N) is 1. The molecule has 2 radical (unpaired) electrons. The van der Waals surface area contributed by atoms with Gasteiger partial charge in [0.2, 0.25) is 11.8 Å². The molecule has 0 aromatic rings. The van der Waals surface area contributed by atoms with Gasteiger partial charge in [0.15, 0.2) is 0 Å². The highest BCUT2D eigenvalue weighted by Crippen LogP contribution is 2.20. The lowest BCUT2D eigenvalue weighted by Gasteiger charge is -2.12. The van der Waals surface area contributed by atoms with E-state index < -0.39 is 5.82 Å². The van der Waals surface area contributed by atoms with Crippen LogP contribution in [0.4, 0.5) is 0 Å². The Labute approximate surface area is 66.3 Å². The second kappa shape index (κ2) is 3.05. The Kier molecular flexibility index (Phi) is 2.29. The second-order valence-electron chi connectivity index (χ2n) is 2.48. The molecular weight excluding hydrogens is 143 g/mol. The normalized spacial score (nSPS) is 24.8. The summed E-state index contributed by atoms with van der Waals surface area (Å²) in [6, 6.07) is 0. The fraction of sp³-hybridized carbons (Fsp3) is 0.667. The molecule has 1 N–H and O–H groups in total. The number of carbonyl (C=O) groups excluding carboxylic acids is 2. The van der Waals surface area contributed by atoms with Crippen LogP contribution in [-0.4, -0.2) is 38.3 Å². The molecule has 0 saturated carbocycles. The largest absolute Gasteiger partial charge is 0.302 e. The number of likely N-dealkylation sites (tertiary alicyclic amines) is 1. The van der Waals surface area contributed by atoms with E-state index in [1.807, 2.05) is 0 Å². The van der Waals surface area contributed by atoms with Crippen LogP contribution in [0.5, 0.6) is 0 Å². The Hall–Kier alpha value is -0.835.